The SMILES string of the molecule is Cc1nn(C)c2c1nc(N)n2C1CC(C)(C)CC(C)(C)C1. The van der Waals surface area contributed by atoms with Gasteiger partial charge in [0.25, 0.3) is 0 Å². The van der Waals surface area contributed by atoms with Gasteiger partial charge < -0.3 is 5.73 Å². The van der Waals surface area contributed by atoms with Crippen molar-refractivity contribution in [3.63, 3.8) is 0 Å². The molecule has 2 aromatic rings. The second-order valence-corrected chi connectivity index (χ2v) is 8.29. The number of nitrogens with two attached hydrogens (primary N) is 1. The average molecular weight is 289 g/mol. The van der Waals surface area contributed by atoms with Gasteiger partial charge in [0.1, 0.15) is 5.52 Å². The molecule has 5 nitrogen and oxygen atoms in total. The number of imidazole rings is 1. The number of anilines is 1. The first-order chi connectivity index (χ1) is 9.60. The topological polar surface area (TPSA) is 61.7 Å². The number of aromatic nitrogens is 4. The number of rotatable bonds is 1. The van der Waals surface area contributed by atoms with Crippen LogP contribution in [0.5, 0.6) is 0 Å². The van der Waals surface area contributed by atoms with Crippen molar-refractivity contribution >= 4 is 17.1 Å². The minimum Gasteiger partial charge on any atom is -0.369 e. The molecule has 0 aliphatic heterocycles. The lowest BCUT2D eigenvalue weighted by molar-refractivity contribution is 0.0742. The van der Waals surface area contributed by atoms with E-state index in [2.05, 4.69) is 42.3 Å². The molecule has 2 N–H and O–H groups in total. The van der Waals surface area contributed by atoms with E-state index < -0.39 is 0 Å². The third-order valence-electron chi connectivity index (χ3n) is 4.76. The molecule has 0 bridgehead atoms. The Kier molecular flexibility index (Phi) is 2.91. The largest absolute Gasteiger partial charge is 0.369 e. The summed E-state index contributed by atoms with van der Waals surface area (Å²) in [6.45, 7) is 11.4. The summed E-state index contributed by atoms with van der Waals surface area (Å²) >= 11 is 0. The Balaban J connectivity index is 2.14. The summed E-state index contributed by atoms with van der Waals surface area (Å²) in [5.41, 5.74) is 9.85. The van der Waals surface area contributed by atoms with E-state index in [0.29, 0.717) is 22.8 Å². The highest BCUT2D eigenvalue weighted by Gasteiger charge is 2.40. The zero-order valence-corrected chi connectivity index (χ0v) is 14.1. The number of nitrogen functional groups attached to an aromatic ring is 1. The zero-order chi connectivity index (χ0) is 15.6. The lowest BCUT2D eigenvalue weighted by Gasteiger charge is -2.45. The van der Waals surface area contributed by atoms with E-state index in [0.717, 1.165) is 29.7 Å². The highest BCUT2D eigenvalue weighted by atomic mass is 15.4. The van der Waals surface area contributed by atoms with Gasteiger partial charge in [0.15, 0.2) is 5.65 Å². The molecular weight excluding hydrogens is 262 g/mol. The Morgan fingerprint density at radius 3 is 2.29 bits per heavy atom. The standard InChI is InChI=1S/C16H27N5/c1-10-12-13(20(6)19-10)21(14(17)18-12)11-7-15(2,3)9-16(4,5)8-11/h11H,7-9H2,1-6H3,(H2,17,18). The average Bonchev–Trinajstić information content (AvgIpc) is 2.73. The van der Waals surface area contributed by atoms with Crippen LogP contribution < -0.4 is 5.73 Å². The van der Waals surface area contributed by atoms with Crippen LogP contribution in [0.25, 0.3) is 11.2 Å². The Morgan fingerprint density at radius 1 is 1.14 bits per heavy atom. The molecule has 0 amide bonds. The van der Waals surface area contributed by atoms with E-state index in [1.165, 1.54) is 6.42 Å². The van der Waals surface area contributed by atoms with Crippen LogP contribution in [0.2, 0.25) is 0 Å². The first-order valence-electron chi connectivity index (χ1n) is 7.77. The molecule has 2 heterocycles. The third kappa shape index (κ3) is 2.32. The fraction of sp³-hybridized carbons (Fsp3) is 0.750. The zero-order valence-electron chi connectivity index (χ0n) is 14.1. The second-order valence-electron chi connectivity index (χ2n) is 8.29. The Hall–Kier alpha value is -1.52. The normalized spacial score (nSPS) is 22.0. The molecule has 3 rings (SSSR count). The summed E-state index contributed by atoms with van der Waals surface area (Å²) in [7, 11) is 1.98. The molecule has 0 saturated heterocycles. The minimum atomic E-state index is 0.323. The van der Waals surface area contributed by atoms with Crippen molar-refractivity contribution in [1.29, 1.82) is 0 Å². The van der Waals surface area contributed by atoms with Gasteiger partial charge in [-0.25, -0.2) is 4.98 Å². The summed E-state index contributed by atoms with van der Waals surface area (Å²) in [6, 6.07) is 0.392. The molecule has 0 radical (unpaired) electrons. The van der Waals surface area contributed by atoms with Gasteiger partial charge in [-0.15, -0.1) is 0 Å². The van der Waals surface area contributed by atoms with Gasteiger partial charge in [0.2, 0.25) is 5.95 Å². The van der Waals surface area contributed by atoms with E-state index >= 15 is 0 Å². The maximum Gasteiger partial charge on any atom is 0.202 e. The summed E-state index contributed by atoms with van der Waals surface area (Å²) < 4.78 is 4.14. The Bertz CT molecular complexity index is 673. The lowest BCUT2D eigenvalue weighted by Crippen LogP contribution is -2.35. The Labute approximate surface area is 126 Å². The lowest BCUT2D eigenvalue weighted by atomic mass is 9.63. The first-order valence-corrected chi connectivity index (χ1v) is 7.77. The summed E-state index contributed by atoms with van der Waals surface area (Å²) in [5, 5.41) is 4.50. The maximum absolute atomic E-state index is 6.25. The van der Waals surface area contributed by atoms with E-state index in [-0.39, 0.29) is 0 Å². The monoisotopic (exact) mass is 289 g/mol. The van der Waals surface area contributed by atoms with Gasteiger partial charge in [-0.3, -0.25) is 9.25 Å². The molecule has 0 spiro atoms. The first kappa shape index (κ1) is 14.4. The van der Waals surface area contributed by atoms with E-state index in [9.17, 15) is 0 Å². The van der Waals surface area contributed by atoms with Crippen molar-refractivity contribution in [1.82, 2.24) is 19.3 Å². The van der Waals surface area contributed by atoms with Crippen molar-refractivity contribution < 1.29 is 0 Å². The molecule has 2 aromatic heterocycles. The van der Waals surface area contributed by atoms with Gasteiger partial charge in [-0.1, -0.05) is 27.7 Å². The fourth-order valence-electron chi connectivity index (χ4n) is 4.64. The number of hydrogen-bond donors (Lipinski definition) is 1. The molecule has 1 aliphatic carbocycles. The van der Waals surface area contributed by atoms with Crippen LogP contribution in [0, 0.1) is 17.8 Å². The number of hydrogen-bond acceptors (Lipinski definition) is 3. The number of nitrogens with zero attached hydrogens (tertiary/aromatic N) is 4. The van der Waals surface area contributed by atoms with Crippen molar-refractivity contribution in [3.8, 4) is 0 Å². The number of aryl methyl sites for hydroxylation is 2. The van der Waals surface area contributed by atoms with Gasteiger partial charge in [0, 0.05) is 13.1 Å². The van der Waals surface area contributed by atoms with E-state index in [1.807, 2.05) is 18.7 Å². The molecule has 1 aliphatic rings. The van der Waals surface area contributed by atoms with Gasteiger partial charge >= 0.3 is 0 Å². The van der Waals surface area contributed by atoms with Crippen LogP contribution in [-0.4, -0.2) is 19.3 Å². The predicted molar refractivity (Wildman–Crippen MR) is 86.1 cm³/mol. The fourth-order valence-corrected chi connectivity index (χ4v) is 4.64. The summed E-state index contributed by atoms with van der Waals surface area (Å²) in [5.74, 6) is 0.625. The van der Waals surface area contributed by atoms with Crippen molar-refractivity contribution in [2.24, 2.45) is 17.9 Å². The second kappa shape index (κ2) is 4.24. The van der Waals surface area contributed by atoms with Crippen LogP contribution in [0.4, 0.5) is 5.95 Å². The molecule has 1 saturated carbocycles. The molecule has 116 valence electrons. The van der Waals surface area contributed by atoms with Crippen LogP contribution in [0.1, 0.15) is 58.7 Å². The highest BCUT2D eigenvalue weighted by molar-refractivity contribution is 5.77. The molecule has 0 atom stereocenters. The third-order valence-corrected chi connectivity index (χ3v) is 4.76. The van der Waals surface area contributed by atoms with Crippen LogP contribution in [0.15, 0.2) is 0 Å². The minimum absolute atomic E-state index is 0.323. The molecule has 1 fully saturated rings. The van der Waals surface area contributed by atoms with Crippen molar-refractivity contribution in [2.45, 2.75) is 59.9 Å². The molecular formula is C16H27N5. The van der Waals surface area contributed by atoms with Gasteiger partial charge in [-0.05, 0) is 37.0 Å². The van der Waals surface area contributed by atoms with Crippen LogP contribution in [0.3, 0.4) is 0 Å². The molecule has 21 heavy (non-hydrogen) atoms. The molecule has 5 heteroatoms. The summed E-state index contributed by atoms with van der Waals surface area (Å²) in [6.07, 6.45) is 3.52. The molecule has 0 aromatic carbocycles. The quantitative estimate of drug-likeness (QED) is 0.874. The van der Waals surface area contributed by atoms with Gasteiger partial charge in [0.05, 0.1) is 5.69 Å². The highest BCUT2D eigenvalue weighted by Crippen LogP contribution is 2.51. The van der Waals surface area contributed by atoms with Gasteiger partial charge in [-0.2, -0.15) is 5.10 Å². The maximum atomic E-state index is 6.25. The molecule has 0 unspecified atom stereocenters. The smallest absolute Gasteiger partial charge is 0.202 e. The Morgan fingerprint density at radius 2 is 1.71 bits per heavy atom. The summed E-state index contributed by atoms with van der Waals surface area (Å²) in [4.78, 5) is 4.56. The van der Waals surface area contributed by atoms with Crippen LogP contribution in [-0.2, 0) is 7.05 Å². The van der Waals surface area contributed by atoms with Crippen molar-refractivity contribution in [2.75, 3.05) is 5.73 Å². The van der Waals surface area contributed by atoms with Crippen LogP contribution >= 0.6 is 0 Å². The van der Waals surface area contributed by atoms with E-state index in [4.69, 9.17) is 5.73 Å². The predicted octanol–water partition coefficient (Wildman–Crippen LogP) is 3.44. The number of fused-ring (bicyclic) bond motifs is 1. The van der Waals surface area contributed by atoms with Crippen molar-refractivity contribution in [3.05, 3.63) is 5.69 Å². The van der Waals surface area contributed by atoms with E-state index in [1.54, 1.807) is 0 Å².